The maximum absolute atomic E-state index is 12.1. The van der Waals surface area contributed by atoms with Crippen molar-refractivity contribution in [2.24, 2.45) is 0 Å². The molecule has 0 aliphatic heterocycles. The molecule has 0 aliphatic rings. The Labute approximate surface area is 106 Å². The normalized spacial score (nSPS) is 9.94. The van der Waals surface area contributed by atoms with Gasteiger partial charge in [-0.1, -0.05) is 0 Å². The van der Waals surface area contributed by atoms with E-state index in [1.165, 1.54) is 21.9 Å². The lowest BCUT2D eigenvalue weighted by atomic mass is 10.1. The van der Waals surface area contributed by atoms with Crippen molar-refractivity contribution in [3.63, 3.8) is 0 Å². The molecule has 0 aliphatic carbocycles. The second kappa shape index (κ2) is 5.39. The number of anilines is 2. The molecule has 1 aromatic carbocycles. The second-order valence-electron chi connectivity index (χ2n) is 4.34. The average Bonchev–Trinajstić information content (AvgIpc) is 2.26. The molecule has 0 bridgehead atoms. The molecule has 0 unspecified atom stereocenters. The van der Waals surface area contributed by atoms with E-state index in [9.17, 15) is 9.59 Å². The van der Waals surface area contributed by atoms with Gasteiger partial charge < -0.3 is 21.3 Å². The number of hydrogen-bond acceptors (Lipinski definition) is 4. The lowest BCUT2D eigenvalue weighted by Crippen LogP contribution is -2.37. The predicted octanol–water partition coefficient (Wildman–Crippen LogP) is 0.0112. The number of carbonyl (C=O) groups is 2. The minimum absolute atomic E-state index is 0.0144. The predicted molar refractivity (Wildman–Crippen MR) is 70.9 cm³/mol. The third kappa shape index (κ3) is 3.38. The van der Waals surface area contributed by atoms with Crippen LogP contribution in [0.4, 0.5) is 11.4 Å². The van der Waals surface area contributed by atoms with E-state index >= 15 is 0 Å². The van der Waals surface area contributed by atoms with Crippen LogP contribution in [0.15, 0.2) is 18.2 Å². The Kier molecular flexibility index (Phi) is 4.14. The summed E-state index contributed by atoms with van der Waals surface area (Å²) in [6.07, 6.45) is 0. The highest BCUT2D eigenvalue weighted by atomic mass is 16.2. The monoisotopic (exact) mass is 250 g/mol. The highest BCUT2D eigenvalue weighted by molar-refractivity contribution is 5.97. The summed E-state index contributed by atoms with van der Waals surface area (Å²) in [7, 11) is 4.83. The highest BCUT2D eigenvalue weighted by Gasteiger charge is 2.16. The molecule has 0 fully saturated rings. The van der Waals surface area contributed by atoms with E-state index < -0.39 is 0 Å². The molecule has 0 saturated carbocycles. The molecule has 98 valence electrons. The Morgan fingerprint density at radius 2 is 1.56 bits per heavy atom. The van der Waals surface area contributed by atoms with Gasteiger partial charge in [-0.25, -0.2) is 0 Å². The zero-order valence-corrected chi connectivity index (χ0v) is 10.8. The summed E-state index contributed by atoms with van der Waals surface area (Å²) in [6.45, 7) is 0.0144. The highest BCUT2D eigenvalue weighted by Crippen LogP contribution is 2.15. The SMILES string of the molecule is CN(C)C(=O)CN(C)C(=O)c1cc(N)cc(N)c1. The molecular formula is C12H18N4O2. The number of carbonyl (C=O) groups excluding carboxylic acids is 2. The Bertz CT molecular complexity index is 451. The fourth-order valence-electron chi connectivity index (χ4n) is 1.44. The number of nitrogens with two attached hydrogens (primary N) is 2. The summed E-state index contributed by atoms with van der Waals surface area (Å²) >= 11 is 0. The summed E-state index contributed by atoms with van der Waals surface area (Å²) in [5, 5.41) is 0. The van der Waals surface area contributed by atoms with Gasteiger partial charge in [-0.05, 0) is 18.2 Å². The number of benzene rings is 1. The molecule has 0 heterocycles. The number of likely N-dealkylation sites (N-methyl/N-ethyl adjacent to an activating group) is 2. The molecular weight excluding hydrogens is 232 g/mol. The first kappa shape index (κ1) is 13.8. The number of rotatable bonds is 3. The van der Waals surface area contributed by atoms with Gasteiger partial charge in [0.2, 0.25) is 5.91 Å². The lowest BCUT2D eigenvalue weighted by molar-refractivity contribution is -0.129. The van der Waals surface area contributed by atoms with Gasteiger partial charge in [-0.15, -0.1) is 0 Å². The molecule has 0 aromatic heterocycles. The second-order valence-corrected chi connectivity index (χ2v) is 4.34. The third-order valence-corrected chi connectivity index (χ3v) is 2.44. The van der Waals surface area contributed by atoms with Crippen LogP contribution in [-0.4, -0.2) is 49.3 Å². The number of amides is 2. The topological polar surface area (TPSA) is 92.7 Å². The van der Waals surface area contributed by atoms with Crippen molar-refractivity contribution in [3.05, 3.63) is 23.8 Å². The quantitative estimate of drug-likeness (QED) is 0.739. The number of nitrogen functional groups attached to an aromatic ring is 2. The van der Waals surface area contributed by atoms with Crippen molar-refractivity contribution >= 4 is 23.2 Å². The Morgan fingerprint density at radius 3 is 2.00 bits per heavy atom. The Hall–Kier alpha value is -2.24. The minimum atomic E-state index is -0.288. The van der Waals surface area contributed by atoms with Crippen LogP contribution in [0.1, 0.15) is 10.4 Å². The van der Waals surface area contributed by atoms with Crippen molar-refractivity contribution in [1.29, 1.82) is 0 Å². The molecule has 1 rings (SSSR count). The molecule has 6 nitrogen and oxygen atoms in total. The van der Waals surface area contributed by atoms with Crippen molar-refractivity contribution in [2.75, 3.05) is 39.2 Å². The van der Waals surface area contributed by atoms with E-state index in [1.54, 1.807) is 27.2 Å². The van der Waals surface area contributed by atoms with Gasteiger partial charge in [-0.2, -0.15) is 0 Å². The van der Waals surface area contributed by atoms with Gasteiger partial charge >= 0.3 is 0 Å². The minimum Gasteiger partial charge on any atom is -0.399 e. The zero-order chi connectivity index (χ0) is 13.9. The first-order valence-corrected chi connectivity index (χ1v) is 5.43. The molecule has 2 amide bonds. The summed E-state index contributed by atoms with van der Waals surface area (Å²) in [5.74, 6) is -0.438. The average molecular weight is 250 g/mol. The standard InChI is InChI=1S/C12H18N4O2/c1-15(2)11(17)7-16(3)12(18)8-4-9(13)6-10(14)5-8/h4-6H,7,13-14H2,1-3H3. The Balaban J connectivity index is 2.83. The van der Waals surface area contributed by atoms with E-state index in [2.05, 4.69) is 0 Å². The van der Waals surface area contributed by atoms with Gasteiger partial charge in [-0.3, -0.25) is 9.59 Å². The molecule has 0 spiro atoms. The molecule has 4 N–H and O–H groups in total. The van der Waals surface area contributed by atoms with Gasteiger partial charge in [0.25, 0.3) is 5.91 Å². The summed E-state index contributed by atoms with van der Waals surface area (Å²) < 4.78 is 0. The maximum Gasteiger partial charge on any atom is 0.254 e. The van der Waals surface area contributed by atoms with E-state index in [0.717, 1.165) is 0 Å². The van der Waals surface area contributed by atoms with Gasteiger partial charge in [0, 0.05) is 38.1 Å². The first-order valence-electron chi connectivity index (χ1n) is 5.43. The summed E-state index contributed by atoms with van der Waals surface area (Å²) in [6, 6.07) is 4.65. The van der Waals surface area contributed by atoms with Crippen LogP contribution < -0.4 is 11.5 Å². The van der Waals surface area contributed by atoms with Crippen LogP contribution in [-0.2, 0) is 4.79 Å². The fourth-order valence-corrected chi connectivity index (χ4v) is 1.44. The molecule has 6 heteroatoms. The van der Waals surface area contributed by atoms with Crippen molar-refractivity contribution in [2.45, 2.75) is 0 Å². The molecule has 1 aromatic rings. The van der Waals surface area contributed by atoms with Crippen LogP contribution in [0.5, 0.6) is 0 Å². The van der Waals surface area contributed by atoms with Crippen LogP contribution in [0.25, 0.3) is 0 Å². The lowest BCUT2D eigenvalue weighted by Gasteiger charge is -2.19. The molecule has 18 heavy (non-hydrogen) atoms. The van der Waals surface area contributed by atoms with Crippen LogP contribution in [0, 0.1) is 0 Å². The van der Waals surface area contributed by atoms with Crippen molar-refractivity contribution in [1.82, 2.24) is 9.80 Å². The maximum atomic E-state index is 12.1. The largest absolute Gasteiger partial charge is 0.399 e. The molecule has 0 radical (unpaired) electrons. The summed E-state index contributed by atoms with van der Waals surface area (Å²) in [5.41, 5.74) is 12.5. The molecule has 0 atom stereocenters. The van der Waals surface area contributed by atoms with E-state index in [-0.39, 0.29) is 18.4 Å². The van der Waals surface area contributed by atoms with Gasteiger partial charge in [0.15, 0.2) is 0 Å². The van der Waals surface area contributed by atoms with Gasteiger partial charge in [0.1, 0.15) is 0 Å². The van der Waals surface area contributed by atoms with Crippen molar-refractivity contribution in [3.8, 4) is 0 Å². The van der Waals surface area contributed by atoms with Crippen LogP contribution in [0.2, 0.25) is 0 Å². The summed E-state index contributed by atoms with van der Waals surface area (Å²) in [4.78, 5) is 26.3. The van der Waals surface area contributed by atoms with Crippen molar-refractivity contribution < 1.29 is 9.59 Å². The van der Waals surface area contributed by atoms with E-state index in [0.29, 0.717) is 16.9 Å². The van der Waals surface area contributed by atoms with Gasteiger partial charge in [0.05, 0.1) is 6.54 Å². The zero-order valence-electron chi connectivity index (χ0n) is 10.8. The third-order valence-electron chi connectivity index (χ3n) is 2.44. The Morgan fingerprint density at radius 1 is 1.06 bits per heavy atom. The fraction of sp³-hybridized carbons (Fsp3) is 0.333. The number of hydrogen-bond donors (Lipinski definition) is 2. The smallest absolute Gasteiger partial charge is 0.254 e. The van der Waals surface area contributed by atoms with E-state index in [1.807, 2.05) is 0 Å². The number of nitrogens with zero attached hydrogens (tertiary/aromatic N) is 2. The van der Waals surface area contributed by atoms with Crippen LogP contribution >= 0.6 is 0 Å². The first-order chi connectivity index (χ1) is 8.31. The molecule has 0 saturated heterocycles. The van der Waals surface area contributed by atoms with Crippen LogP contribution in [0.3, 0.4) is 0 Å². The van der Waals surface area contributed by atoms with E-state index in [4.69, 9.17) is 11.5 Å².